The molecule has 0 amide bonds. The predicted octanol–water partition coefficient (Wildman–Crippen LogP) is 4.95. The lowest BCUT2D eigenvalue weighted by Gasteiger charge is -2.12. The Labute approximate surface area is 146 Å². The molecule has 128 valence electrons. The summed E-state index contributed by atoms with van der Waals surface area (Å²) in [7, 11) is 0. The Morgan fingerprint density at radius 2 is 1.72 bits per heavy atom. The van der Waals surface area contributed by atoms with E-state index in [1.54, 1.807) is 30.3 Å². The maximum absolute atomic E-state index is 12.5. The molecule has 0 bridgehead atoms. The Kier molecular flexibility index (Phi) is 5.29. The molecule has 4 nitrogen and oxygen atoms in total. The minimum atomic E-state index is -0.513. The molecule has 3 rings (SSSR count). The molecule has 0 radical (unpaired) electrons. The van der Waals surface area contributed by atoms with Crippen molar-refractivity contribution in [1.29, 1.82) is 0 Å². The van der Waals surface area contributed by atoms with Crippen LogP contribution in [0.5, 0.6) is 5.75 Å². The van der Waals surface area contributed by atoms with Gasteiger partial charge in [0.05, 0.1) is 5.39 Å². The van der Waals surface area contributed by atoms with Crippen LogP contribution in [-0.4, -0.2) is 5.97 Å². The van der Waals surface area contributed by atoms with Crippen molar-refractivity contribution in [3.8, 4) is 16.9 Å². The number of rotatable bonds is 6. The minimum absolute atomic E-state index is 0.277. The molecule has 0 atom stereocenters. The molecule has 0 spiro atoms. The summed E-state index contributed by atoms with van der Waals surface area (Å²) < 4.78 is 11.1. The van der Waals surface area contributed by atoms with E-state index in [2.05, 4.69) is 6.92 Å². The van der Waals surface area contributed by atoms with Gasteiger partial charge in [0.2, 0.25) is 0 Å². The fourth-order valence-electron chi connectivity index (χ4n) is 2.77. The van der Waals surface area contributed by atoms with Crippen molar-refractivity contribution < 1.29 is 13.9 Å². The van der Waals surface area contributed by atoms with Crippen molar-refractivity contribution in [3.05, 3.63) is 65.0 Å². The van der Waals surface area contributed by atoms with Gasteiger partial charge in [0, 0.05) is 6.42 Å². The highest BCUT2D eigenvalue weighted by molar-refractivity contribution is 5.93. The van der Waals surface area contributed by atoms with E-state index in [4.69, 9.17) is 9.15 Å². The van der Waals surface area contributed by atoms with Crippen LogP contribution >= 0.6 is 0 Å². The second-order valence-corrected chi connectivity index (χ2v) is 5.89. The molecule has 1 heterocycles. The summed E-state index contributed by atoms with van der Waals surface area (Å²) in [5.74, 6) is -0.0547. The number of unbranched alkanes of at least 4 members (excludes halogenated alkanes) is 2. The first kappa shape index (κ1) is 17.0. The second-order valence-electron chi connectivity index (χ2n) is 5.89. The highest BCUT2D eigenvalue weighted by atomic mass is 16.5. The van der Waals surface area contributed by atoms with E-state index in [9.17, 15) is 9.59 Å². The number of esters is 1. The topological polar surface area (TPSA) is 56.5 Å². The van der Waals surface area contributed by atoms with Crippen LogP contribution in [0.2, 0.25) is 0 Å². The molecule has 0 saturated carbocycles. The maximum atomic E-state index is 12.5. The van der Waals surface area contributed by atoms with E-state index in [0.717, 1.165) is 19.3 Å². The summed E-state index contributed by atoms with van der Waals surface area (Å²) in [6.45, 7) is 2.08. The van der Waals surface area contributed by atoms with Crippen molar-refractivity contribution in [3.63, 3.8) is 0 Å². The van der Waals surface area contributed by atoms with Gasteiger partial charge < -0.3 is 9.15 Å². The first-order valence-corrected chi connectivity index (χ1v) is 8.52. The number of hydrogen-bond donors (Lipinski definition) is 0. The molecule has 25 heavy (non-hydrogen) atoms. The van der Waals surface area contributed by atoms with E-state index in [-0.39, 0.29) is 17.3 Å². The molecule has 3 aromatic rings. The molecule has 1 aromatic heterocycles. The Morgan fingerprint density at radius 3 is 2.48 bits per heavy atom. The quantitative estimate of drug-likeness (QED) is 0.363. The summed E-state index contributed by atoms with van der Waals surface area (Å²) in [5, 5.41) is 0.616. The second kappa shape index (κ2) is 7.79. The Bertz CT molecular complexity index is 926. The first-order chi connectivity index (χ1) is 12.2. The maximum Gasteiger partial charge on any atom is 0.348 e. The third kappa shape index (κ3) is 3.79. The van der Waals surface area contributed by atoms with Gasteiger partial charge >= 0.3 is 11.6 Å². The Hall–Kier alpha value is -2.88. The normalized spacial score (nSPS) is 10.8. The molecule has 0 aliphatic heterocycles. The number of para-hydroxylation sites is 1. The van der Waals surface area contributed by atoms with Crippen LogP contribution in [0.3, 0.4) is 0 Å². The number of hydrogen-bond acceptors (Lipinski definition) is 4. The highest BCUT2D eigenvalue weighted by Gasteiger charge is 2.20. The molecule has 0 fully saturated rings. The van der Waals surface area contributed by atoms with E-state index < -0.39 is 5.63 Å². The largest absolute Gasteiger partial charge is 0.425 e. The van der Waals surface area contributed by atoms with Crippen molar-refractivity contribution in [1.82, 2.24) is 0 Å². The van der Waals surface area contributed by atoms with Crippen LogP contribution in [0.15, 0.2) is 63.8 Å². The van der Waals surface area contributed by atoms with Crippen molar-refractivity contribution in [2.24, 2.45) is 0 Å². The zero-order chi connectivity index (χ0) is 17.6. The monoisotopic (exact) mass is 336 g/mol. The number of ether oxygens (including phenoxy) is 1. The number of fused-ring (bicyclic) bond motifs is 1. The first-order valence-electron chi connectivity index (χ1n) is 8.52. The van der Waals surface area contributed by atoms with Gasteiger partial charge in [-0.2, -0.15) is 0 Å². The molecule has 0 saturated heterocycles. The van der Waals surface area contributed by atoms with Crippen LogP contribution in [0.1, 0.15) is 32.6 Å². The fourth-order valence-corrected chi connectivity index (χ4v) is 2.77. The number of carbonyl (C=O) groups is 1. The smallest absolute Gasteiger partial charge is 0.348 e. The lowest BCUT2D eigenvalue weighted by molar-refractivity contribution is -0.134. The molecule has 2 aromatic carbocycles. The van der Waals surface area contributed by atoms with Crippen LogP contribution in [0, 0.1) is 0 Å². The molecule has 0 unspecified atom stereocenters. The number of carbonyl (C=O) groups excluding carboxylic acids is 1. The van der Waals surface area contributed by atoms with E-state index in [1.165, 1.54) is 0 Å². The van der Waals surface area contributed by atoms with Crippen molar-refractivity contribution in [2.75, 3.05) is 0 Å². The lowest BCUT2D eigenvalue weighted by Crippen LogP contribution is -2.13. The zero-order valence-corrected chi connectivity index (χ0v) is 14.2. The summed E-state index contributed by atoms with van der Waals surface area (Å²) in [6.07, 6.45) is 3.10. The lowest BCUT2D eigenvalue weighted by atomic mass is 10.0. The van der Waals surface area contributed by atoms with Gasteiger partial charge in [0.1, 0.15) is 11.1 Å². The summed E-state index contributed by atoms with van der Waals surface area (Å²) in [5.41, 5.74) is 0.839. The van der Waals surface area contributed by atoms with Gasteiger partial charge in [-0.25, -0.2) is 4.79 Å². The van der Waals surface area contributed by atoms with Crippen molar-refractivity contribution >= 4 is 16.9 Å². The van der Waals surface area contributed by atoms with E-state index in [0.29, 0.717) is 23.0 Å². The van der Waals surface area contributed by atoms with E-state index in [1.807, 2.05) is 24.3 Å². The van der Waals surface area contributed by atoms with Gasteiger partial charge in [-0.15, -0.1) is 0 Å². The minimum Gasteiger partial charge on any atom is -0.425 e. The summed E-state index contributed by atoms with van der Waals surface area (Å²) >= 11 is 0. The Balaban J connectivity index is 2.10. The standard InChI is InChI=1S/C21H20O4/c1-2-3-5-14-18(22)25-20-16-12-8-9-13-17(16)24-21(23)19(20)15-10-6-4-7-11-15/h4,6-13H,2-3,5,14H2,1H3. The third-order valence-corrected chi connectivity index (χ3v) is 4.03. The van der Waals surface area contributed by atoms with Crippen LogP contribution in [0.25, 0.3) is 22.1 Å². The molecule has 0 N–H and O–H groups in total. The van der Waals surface area contributed by atoms with E-state index >= 15 is 0 Å². The van der Waals surface area contributed by atoms with Gasteiger partial charge in [-0.3, -0.25) is 4.79 Å². The highest BCUT2D eigenvalue weighted by Crippen LogP contribution is 2.34. The van der Waals surface area contributed by atoms with Gasteiger partial charge in [-0.1, -0.05) is 62.2 Å². The van der Waals surface area contributed by atoms with Gasteiger partial charge in [0.25, 0.3) is 0 Å². The van der Waals surface area contributed by atoms with Crippen LogP contribution < -0.4 is 10.4 Å². The summed E-state index contributed by atoms with van der Waals surface area (Å²) in [4.78, 5) is 24.8. The van der Waals surface area contributed by atoms with Gasteiger partial charge in [0.15, 0.2) is 5.75 Å². The molecule has 4 heteroatoms. The molecule has 0 aliphatic rings. The molecular weight excluding hydrogens is 316 g/mol. The summed E-state index contributed by atoms with van der Waals surface area (Å²) in [6, 6.07) is 16.2. The van der Waals surface area contributed by atoms with Crippen LogP contribution in [-0.2, 0) is 4.79 Å². The van der Waals surface area contributed by atoms with Gasteiger partial charge in [-0.05, 0) is 24.1 Å². The molecular formula is C21H20O4. The average Bonchev–Trinajstić information content (AvgIpc) is 2.62. The third-order valence-electron chi connectivity index (χ3n) is 4.03. The van der Waals surface area contributed by atoms with Crippen LogP contribution in [0.4, 0.5) is 0 Å². The zero-order valence-electron chi connectivity index (χ0n) is 14.2. The van der Waals surface area contributed by atoms with Crippen molar-refractivity contribution in [2.45, 2.75) is 32.6 Å². The Morgan fingerprint density at radius 1 is 1.00 bits per heavy atom. The fraction of sp³-hybridized carbons (Fsp3) is 0.238. The SMILES string of the molecule is CCCCCC(=O)Oc1c(-c2ccccc2)c(=O)oc2ccccc12. The number of benzene rings is 2. The molecule has 0 aliphatic carbocycles. The predicted molar refractivity (Wildman–Crippen MR) is 97.7 cm³/mol. The average molecular weight is 336 g/mol.